The fourth-order valence-electron chi connectivity index (χ4n) is 4.59. The van der Waals surface area contributed by atoms with E-state index < -0.39 is 35.1 Å². The van der Waals surface area contributed by atoms with Crippen LogP contribution in [0.25, 0.3) is 27.0 Å². The Balaban J connectivity index is 1.82. The van der Waals surface area contributed by atoms with Crippen molar-refractivity contribution in [1.29, 1.82) is 0 Å². The monoisotopic (exact) mass is 656 g/mol. The summed E-state index contributed by atoms with van der Waals surface area (Å²) in [6.45, 7) is 1.09. The van der Waals surface area contributed by atoms with Crippen molar-refractivity contribution >= 4 is 56.6 Å². The highest BCUT2D eigenvalue weighted by Gasteiger charge is 2.31. The quantitative estimate of drug-likeness (QED) is 0.132. The molecule has 204 valence electrons. The number of halogens is 2. The van der Waals surface area contributed by atoms with Gasteiger partial charge >= 0.3 is 5.69 Å². The van der Waals surface area contributed by atoms with E-state index in [0.717, 1.165) is 4.57 Å². The number of hydrogen-bond donors (Lipinski definition) is 2. The number of nitrogens with zero attached hydrogens (tertiary/aromatic N) is 6. The van der Waals surface area contributed by atoms with E-state index in [1.807, 2.05) is 22.6 Å². The number of aromatic nitrogens is 3. The number of rotatable bonds is 7. The lowest BCUT2D eigenvalue weighted by atomic mass is 10.1. The van der Waals surface area contributed by atoms with Crippen molar-refractivity contribution in [2.75, 3.05) is 17.2 Å². The van der Waals surface area contributed by atoms with Gasteiger partial charge in [-0.15, -0.1) is 0 Å². The molecule has 1 fully saturated rings. The highest BCUT2D eigenvalue weighted by molar-refractivity contribution is 14.1. The Morgan fingerprint density at radius 1 is 1.18 bits per heavy atom. The van der Waals surface area contributed by atoms with Crippen LogP contribution < -0.4 is 27.4 Å². The minimum Gasteiger partial charge on any atom is -0.338 e. The average molecular weight is 656 g/mol. The number of carbonyl (C=O) groups is 1. The van der Waals surface area contributed by atoms with E-state index in [4.69, 9.17) is 5.53 Å². The number of pyridine rings is 1. The average Bonchev–Trinajstić information content (AvgIpc) is 3.75. The molecule has 0 aliphatic heterocycles. The number of azide groups is 1. The Labute approximate surface area is 238 Å². The highest BCUT2D eigenvalue weighted by Crippen LogP contribution is 2.34. The summed E-state index contributed by atoms with van der Waals surface area (Å²) in [6, 6.07) is 10.5. The van der Waals surface area contributed by atoms with Crippen LogP contribution in [0.1, 0.15) is 24.4 Å². The van der Waals surface area contributed by atoms with Gasteiger partial charge in [0.25, 0.3) is 11.1 Å². The summed E-state index contributed by atoms with van der Waals surface area (Å²) in [4.78, 5) is 55.8. The zero-order chi connectivity index (χ0) is 28.7. The van der Waals surface area contributed by atoms with E-state index in [0.29, 0.717) is 22.1 Å². The van der Waals surface area contributed by atoms with Gasteiger partial charge < -0.3 is 10.6 Å². The first kappa shape index (κ1) is 27.1. The number of fused-ring (bicyclic) bond motifs is 1. The van der Waals surface area contributed by atoms with Crippen LogP contribution in [-0.4, -0.2) is 26.2 Å². The van der Waals surface area contributed by atoms with Gasteiger partial charge in [-0.3, -0.25) is 28.1 Å². The van der Waals surface area contributed by atoms with Crippen molar-refractivity contribution in [2.45, 2.75) is 25.8 Å². The van der Waals surface area contributed by atoms with Crippen molar-refractivity contribution in [3.63, 3.8) is 0 Å². The maximum Gasteiger partial charge on any atom is 0.336 e. The molecule has 40 heavy (non-hydrogen) atoms. The van der Waals surface area contributed by atoms with Gasteiger partial charge in [0.15, 0.2) is 0 Å². The molecule has 0 saturated heterocycles. The van der Waals surface area contributed by atoms with Crippen LogP contribution in [0, 0.1) is 16.3 Å². The van der Waals surface area contributed by atoms with E-state index in [-0.39, 0.29) is 39.7 Å². The van der Waals surface area contributed by atoms with Crippen molar-refractivity contribution < 1.29 is 9.18 Å². The van der Waals surface area contributed by atoms with Gasteiger partial charge in [-0.1, -0.05) is 11.2 Å². The molecule has 5 rings (SSSR count). The van der Waals surface area contributed by atoms with E-state index in [2.05, 4.69) is 20.7 Å². The van der Waals surface area contributed by atoms with E-state index in [9.17, 15) is 23.6 Å². The lowest BCUT2D eigenvalue weighted by Gasteiger charge is -2.21. The zero-order valence-corrected chi connectivity index (χ0v) is 23.5. The SMILES string of the molecule is Cc1c(=O)n(C)c(Nc2ccc(I)cc2F)c2c(=O)n(C3CC3)c(=O)n(-c3cccc(NC(=O)CN=[N+]=[N-])c3)c12. The summed E-state index contributed by atoms with van der Waals surface area (Å²) < 4.78 is 19.2. The van der Waals surface area contributed by atoms with Gasteiger partial charge in [0, 0.05) is 32.8 Å². The second-order valence-electron chi connectivity index (χ2n) is 9.32. The number of hydrogen-bond acceptors (Lipinski definition) is 6. The summed E-state index contributed by atoms with van der Waals surface area (Å²) in [5.74, 6) is -1.10. The second-order valence-corrected chi connectivity index (χ2v) is 10.6. The largest absolute Gasteiger partial charge is 0.338 e. The van der Waals surface area contributed by atoms with E-state index in [1.54, 1.807) is 24.3 Å². The molecule has 0 atom stereocenters. The molecule has 2 aromatic heterocycles. The molecule has 12 nitrogen and oxygen atoms in total. The first-order chi connectivity index (χ1) is 19.1. The van der Waals surface area contributed by atoms with Crippen molar-refractivity contribution in [3.05, 3.63) is 99.1 Å². The van der Waals surface area contributed by atoms with Crippen molar-refractivity contribution in [1.82, 2.24) is 13.7 Å². The molecular formula is C26H22FIN8O4. The number of nitrogens with one attached hydrogen (secondary N) is 2. The zero-order valence-electron chi connectivity index (χ0n) is 21.3. The lowest BCUT2D eigenvalue weighted by Crippen LogP contribution is -2.41. The fraction of sp³-hybridized carbons (Fsp3) is 0.231. The van der Waals surface area contributed by atoms with Crippen LogP contribution in [0.3, 0.4) is 0 Å². The standard InChI is InChI=1S/C26H22FIN8O4/c1-13-22-21(23(34(2)24(13)38)32-19-9-6-14(28)10-18(19)27)25(39)36(16-7-8-16)26(40)35(22)17-5-3-4-15(11-17)31-20(37)12-30-33-29/h3-6,9-11,16,32H,7-8,12H2,1-2H3,(H,31,37). The number of benzene rings is 2. The summed E-state index contributed by atoms with van der Waals surface area (Å²) >= 11 is 1.98. The molecule has 0 spiro atoms. The Bertz CT molecular complexity index is 1940. The predicted molar refractivity (Wildman–Crippen MR) is 157 cm³/mol. The third-order valence-electron chi connectivity index (χ3n) is 6.61. The van der Waals surface area contributed by atoms with E-state index in [1.165, 1.54) is 41.3 Å². The van der Waals surface area contributed by atoms with Gasteiger partial charge in [-0.2, -0.15) is 0 Å². The number of anilines is 3. The number of aryl methyl sites for hydroxylation is 1. The normalized spacial score (nSPS) is 12.7. The van der Waals surface area contributed by atoms with Crippen LogP contribution >= 0.6 is 22.6 Å². The molecule has 0 unspecified atom stereocenters. The minimum atomic E-state index is -0.639. The van der Waals surface area contributed by atoms with Gasteiger partial charge in [0.1, 0.15) is 23.6 Å². The summed E-state index contributed by atoms with van der Waals surface area (Å²) in [7, 11) is 1.47. The first-order valence-electron chi connectivity index (χ1n) is 12.2. The summed E-state index contributed by atoms with van der Waals surface area (Å²) in [5, 5.41) is 8.80. The van der Waals surface area contributed by atoms with Crippen LogP contribution in [0.2, 0.25) is 0 Å². The summed E-state index contributed by atoms with van der Waals surface area (Å²) in [5.41, 5.74) is 7.61. The highest BCUT2D eigenvalue weighted by atomic mass is 127. The van der Waals surface area contributed by atoms with Crippen LogP contribution in [-0.2, 0) is 11.8 Å². The fourth-order valence-corrected chi connectivity index (χ4v) is 5.05. The smallest absolute Gasteiger partial charge is 0.336 e. The van der Waals surface area contributed by atoms with Gasteiger partial charge in [0.05, 0.1) is 16.9 Å². The van der Waals surface area contributed by atoms with Gasteiger partial charge in [-0.05, 0) is 84.3 Å². The predicted octanol–water partition coefficient (Wildman–Crippen LogP) is 4.23. The Hall–Kier alpha value is -4.43. The van der Waals surface area contributed by atoms with Crippen LogP contribution in [0.15, 0.2) is 62.0 Å². The summed E-state index contributed by atoms with van der Waals surface area (Å²) in [6.07, 6.45) is 1.27. The molecule has 4 aromatic rings. The maximum absolute atomic E-state index is 14.8. The Morgan fingerprint density at radius 2 is 1.93 bits per heavy atom. The first-order valence-corrected chi connectivity index (χ1v) is 13.2. The Kier molecular flexibility index (Phi) is 7.21. The van der Waals surface area contributed by atoms with E-state index >= 15 is 0 Å². The second kappa shape index (κ2) is 10.6. The molecule has 2 N–H and O–H groups in total. The topological polar surface area (TPSA) is 156 Å². The lowest BCUT2D eigenvalue weighted by molar-refractivity contribution is -0.114. The third-order valence-corrected chi connectivity index (χ3v) is 7.28. The van der Waals surface area contributed by atoms with Gasteiger partial charge in [-0.25, -0.2) is 9.18 Å². The van der Waals surface area contributed by atoms with Gasteiger partial charge in [0.2, 0.25) is 5.91 Å². The van der Waals surface area contributed by atoms with Crippen molar-refractivity contribution in [3.8, 4) is 5.69 Å². The molecule has 0 bridgehead atoms. The van der Waals surface area contributed by atoms with Crippen LogP contribution in [0.5, 0.6) is 0 Å². The molecule has 2 heterocycles. The van der Waals surface area contributed by atoms with Crippen LogP contribution in [0.4, 0.5) is 21.6 Å². The maximum atomic E-state index is 14.8. The molecule has 1 amide bonds. The Morgan fingerprint density at radius 3 is 2.60 bits per heavy atom. The van der Waals surface area contributed by atoms with Crippen molar-refractivity contribution in [2.24, 2.45) is 12.2 Å². The molecule has 1 aliphatic carbocycles. The molecular weight excluding hydrogens is 634 g/mol. The molecule has 14 heteroatoms. The molecule has 2 aromatic carbocycles. The molecule has 1 aliphatic rings. The molecule has 0 radical (unpaired) electrons. The number of amides is 1. The number of carbonyl (C=O) groups excluding carboxylic acids is 1. The third kappa shape index (κ3) is 4.86. The minimum absolute atomic E-state index is 0.0395. The molecule has 1 saturated carbocycles.